The molecule has 2 N–H and O–H groups in total. The molecule has 0 saturated carbocycles. The SMILES string of the molecule is C=C(OCCCC)c1cn(Cc2cccc(C(=O)NC)c2)c(=O)c2ccc(-c3c[nH]nc3C(F)(F)F)cc12. The van der Waals surface area contributed by atoms with E-state index in [2.05, 4.69) is 22.1 Å². The Balaban J connectivity index is 1.85. The summed E-state index contributed by atoms with van der Waals surface area (Å²) in [6, 6.07) is 11.4. The molecule has 0 aliphatic carbocycles. The van der Waals surface area contributed by atoms with E-state index in [-0.39, 0.29) is 29.1 Å². The van der Waals surface area contributed by atoms with Crippen molar-refractivity contribution >= 4 is 22.4 Å². The number of benzene rings is 2. The van der Waals surface area contributed by atoms with E-state index in [9.17, 15) is 22.8 Å². The van der Waals surface area contributed by atoms with E-state index < -0.39 is 11.9 Å². The Labute approximate surface area is 216 Å². The molecular weight excluding hydrogens is 497 g/mol. The van der Waals surface area contributed by atoms with Crippen molar-refractivity contribution in [2.45, 2.75) is 32.5 Å². The lowest BCUT2D eigenvalue weighted by molar-refractivity contribution is -0.140. The molecule has 0 saturated heterocycles. The number of fused-ring (bicyclic) bond motifs is 1. The Morgan fingerprint density at radius 3 is 2.68 bits per heavy atom. The van der Waals surface area contributed by atoms with E-state index >= 15 is 0 Å². The molecule has 38 heavy (non-hydrogen) atoms. The molecular formula is C28H27F3N4O3. The molecule has 0 aliphatic heterocycles. The summed E-state index contributed by atoms with van der Waals surface area (Å²) in [5.41, 5.74) is 0.398. The third kappa shape index (κ3) is 5.49. The minimum absolute atomic E-state index is 0.127. The van der Waals surface area contributed by atoms with Gasteiger partial charge in [0.2, 0.25) is 0 Å². The fraction of sp³-hybridized carbons (Fsp3) is 0.250. The van der Waals surface area contributed by atoms with Gasteiger partial charge in [0.25, 0.3) is 11.5 Å². The van der Waals surface area contributed by atoms with Crippen LogP contribution in [0.2, 0.25) is 0 Å². The summed E-state index contributed by atoms with van der Waals surface area (Å²) in [5, 5.41) is 8.94. The van der Waals surface area contributed by atoms with Crippen molar-refractivity contribution in [3.63, 3.8) is 0 Å². The van der Waals surface area contributed by atoms with E-state index in [0.29, 0.717) is 34.3 Å². The van der Waals surface area contributed by atoms with Gasteiger partial charge in [0.05, 0.1) is 13.2 Å². The Morgan fingerprint density at radius 1 is 1.18 bits per heavy atom. The maximum atomic E-state index is 13.5. The van der Waals surface area contributed by atoms with Crippen LogP contribution in [-0.4, -0.2) is 34.3 Å². The van der Waals surface area contributed by atoms with Crippen molar-refractivity contribution in [3.05, 3.63) is 94.2 Å². The Kier molecular flexibility index (Phi) is 7.70. The molecule has 10 heteroatoms. The highest BCUT2D eigenvalue weighted by atomic mass is 19.4. The van der Waals surface area contributed by atoms with Crippen molar-refractivity contribution < 1.29 is 22.7 Å². The number of halogens is 3. The number of carbonyl (C=O) groups excluding carboxylic acids is 1. The average molecular weight is 525 g/mol. The number of hydrogen-bond acceptors (Lipinski definition) is 4. The molecule has 7 nitrogen and oxygen atoms in total. The number of nitrogens with one attached hydrogen (secondary N) is 2. The van der Waals surface area contributed by atoms with Crippen LogP contribution in [-0.2, 0) is 17.5 Å². The van der Waals surface area contributed by atoms with Gasteiger partial charge in [0.1, 0.15) is 5.76 Å². The smallest absolute Gasteiger partial charge is 0.435 e. The van der Waals surface area contributed by atoms with Crippen molar-refractivity contribution in [2.75, 3.05) is 13.7 Å². The van der Waals surface area contributed by atoms with Gasteiger partial charge in [-0.25, -0.2) is 0 Å². The second-order valence-corrected chi connectivity index (χ2v) is 8.79. The highest BCUT2D eigenvalue weighted by molar-refractivity contribution is 5.95. The third-order valence-electron chi connectivity index (χ3n) is 6.15. The molecule has 2 aromatic heterocycles. The quantitative estimate of drug-likeness (QED) is 0.220. The van der Waals surface area contributed by atoms with Gasteiger partial charge in [0.15, 0.2) is 5.69 Å². The molecule has 0 bridgehead atoms. The number of hydrogen-bond donors (Lipinski definition) is 2. The minimum atomic E-state index is -4.65. The van der Waals surface area contributed by atoms with Gasteiger partial charge >= 0.3 is 6.18 Å². The zero-order chi connectivity index (χ0) is 27.4. The molecule has 0 unspecified atom stereocenters. The topological polar surface area (TPSA) is 89.0 Å². The second-order valence-electron chi connectivity index (χ2n) is 8.79. The van der Waals surface area contributed by atoms with Crippen LogP contribution in [0.15, 0.2) is 66.2 Å². The lowest BCUT2D eigenvalue weighted by atomic mass is 9.99. The molecule has 1 amide bonds. The normalized spacial score (nSPS) is 11.5. The number of pyridine rings is 1. The molecule has 0 radical (unpaired) electrons. The molecule has 0 fully saturated rings. The molecule has 0 spiro atoms. The largest absolute Gasteiger partial charge is 0.494 e. The van der Waals surface area contributed by atoms with Crippen LogP contribution in [0.4, 0.5) is 13.2 Å². The molecule has 198 valence electrons. The first-order valence-electron chi connectivity index (χ1n) is 12.1. The lowest BCUT2D eigenvalue weighted by Gasteiger charge is -2.16. The average Bonchev–Trinajstić information content (AvgIpc) is 3.41. The number of amides is 1. The number of nitrogens with zero attached hydrogens (tertiary/aromatic N) is 2. The number of unbranched alkanes of at least 4 members (excludes halogenated alkanes) is 1. The highest BCUT2D eigenvalue weighted by Crippen LogP contribution is 2.37. The number of H-pyrrole nitrogens is 1. The zero-order valence-electron chi connectivity index (χ0n) is 21.0. The number of alkyl halides is 3. The van der Waals surface area contributed by atoms with Crippen LogP contribution >= 0.6 is 0 Å². The van der Waals surface area contributed by atoms with E-state index in [4.69, 9.17) is 4.74 Å². The minimum Gasteiger partial charge on any atom is -0.494 e. The fourth-order valence-electron chi connectivity index (χ4n) is 4.19. The van der Waals surface area contributed by atoms with Crippen LogP contribution in [0.1, 0.15) is 46.9 Å². The predicted molar refractivity (Wildman–Crippen MR) is 140 cm³/mol. The third-order valence-corrected chi connectivity index (χ3v) is 6.15. The summed E-state index contributed by atoms with van der Waals surface area (Å²) in [4.78, 5) is 25.5. The van der Waals surface area contributed by atoms with Crippen LogP contribution in [0.5, 0.6) is 0 Å². The summed E-state index contributed by atoms with van der Waals surface area (Å²) in [5.74, 6) is 0.0535. The first-order chi connectivity index (χ1) is 18.1. The van der Waals surface area contributed by atoms with Gasteiger partial charge in [-0.1, -0.05) is 38.1 Å². The Hall–Kier alpha value is -4.34. The first-order valence-corrected chi connectivity index (χ1v) is 12.1. The highest BCUT2D eigenvalue weighted by Gasteiger charge is 2.36. The van der Waals surface area contributed by atoms with Gasteiger partial charge in [0, 0.05) is 46.9 Å². The molecule has 0 atom stereocenters. The van der Waals surface area contributed by atoms with Crippen LogP contribution in [0, 0.1) is 0 Å². The van der Waals surface area contributed by atoms with E-state index in [1.165, 1.54) is 36.0 Å². The summed E-state index contributed by atoms with van der Waals surface area (Å²) in [7, 11) is 1.54. The summed E-state index contributed by atoms with van der Waals surface area (Å²) in [6.07, 6.45) is -0.184. The van der Waals surface area contributed by atoms with E-state index in [1.807, 2.05) is 6.92 Å². The summed E-state index contributed by atoms with van der Waals surface area (Å²) in [6.45, 7) is 6.62. The maximum Gasteiger partial charge on any atom is 0.435 e. The van der Waals surface area contributed by atoms with E-state index in [0.717, 1.165) is 18.4 Å². The molecule has 4 rings (SSSR count). The molecule has 2 aromatic carbocycles. The number of carbonyl (C=O) groups is 1. The number of rotatable bonds is 9. The number of aromatic nitrogens is 3. The van der Waals surface area contributed by atoms with Crippen molar-refractivity contribution in [1.29, 1.82) is 0 Å². The van der Waals surface area contributed by atoms with Gasteiger partial charge in [-0.3, -0.25) is 14.7 Å². The van der Waals surface area contributed by atoms with Crippen LogP contribution < -0.4 is 10.9 Å². The standard InChI is InChI=1S/C28H27F3N4O3/c1-4-5-11-38-17(2)24-16-35(15-18-7-6-8-20(12-18)26(36)32-3)27(37)21-10-9-19(13-22(21)24)23-14-33-34-25(23)28(29,30)31/h6-10,12-14,16H,2,4-5,11,15H2,1,3H3,(H,32,36)(H,33,34). The van der Waals surface area contributed by atoms with Gasteiger partial charge < -0.3 is 14.6 Å². The maximum absolute atomic E-state index is 13.5. The first kappa shape index (κ1) is 26.7. The predicted octanol–water partition coefficient (Wildman–Crippen LogP) is 5.61. The zero-order valence-corrected chi connectivity index (χ0v) is 21.0. The Bertz CT molecular complexity index is 1550. The summed E-state index contributed by atoms with van der Waals surface area (Å²) < 4.78 is 47.8. The van der Waals surface area contributed by atoms with Crippen molar-refractivity contribution in [3.8, 4) is 11.1 Å². The van der Waals surface area contributed by atoms with Crippen LogP contribution in [0.25, 0.3) is 27.7 Å². The van der Waals surface area contributed by atoms with Gasteiger partial charge in [-0.05, 0) is 41.8 Å². The molecule has 4 aromatic rings. The van der Waals surface area contributed by atoms with Crippen molar-refractivity contribution in [2.24, 2.45) is 0 Å². The monoisotopic (exact) mass is 524 g/mol. The van der Waals surface area contributed by atoms with Gasteiger partial charge in [-0.15, -0.1) is 0 Å². The van der Waals surface area contributed by atoms with Crippen LogP contribution in [0.3, 0.4) is 0 Å². The lowest BCUT2D eigenvalue weighted by Crippen LogP contribution is -2.22. The van der Waals surface area contributed by atoms with Gasteiger partial charge in [-0.2, -0.15) is 18.3 Å². The Morgan fingerprint density at radius 2 is 1.97 bits per heavy atom. The number of aromatic amines is 1. The van der Waals surface area contributed by atoms with Crippen molar-refractivity contribution in [1.82, 2.24) is 20.1 Å². The van der Waals surface area contributed by atoms with E-state index in [1.54, 1.807) is 30.5 Å². The number of ether oxygens (including phenoxy) is 1. The molecule has 2 heterocycles. The summed E-state index contributed by atoms with van der Waals surface area (Å²) >= 11 is 0. The molecule has 0 aliphatic rings. The second kappa shape index (κ2) is 11.0. The fourth-order valence-corrected chi connectivity index (χ4v) is 4.19.